The Morgan fingerprint density at radius 2 is 1.46 bits per heavy atom. The predicted octanol–water partition coefficient (Wildman–Crippen LogP) is 1.75. The van der Waals surface area contributed by atoms with E-state index in [2.05, 4.69) is 6.92 Å². The summed E-state index contributed by atoms with van der Waals surface area (Å²) in [6.07, 6.45) is 11.3. The average molecular weight is 362 g/mol. The Morgan fingerprint density at radius 1 is 0.958 bits per heavy atom. The Hall–Kier alpha value is -0.200. The summed E-state index contributed by atoms with van der Waals surface area (Å²) in [6.45, 7) is 2.22. The molecule has 0 fully saturated rings. The summed E-state index contributed by atoms with van der Waals surface area (Å²) in [5, 5.41) is 0. The number of benzene rings is 1. The molecule has 0 bridgehead atoms. The smallest absolute Gasteiger partial charge is 0.768 e. The van der Waals surface area contributed by atoms with Crippen LogP contribution in [0.3, 0.4) is 0 Å². The zero-order valence-electron chi connectivity index (χ0n) is 14.9. The predicted molar refractivity (Wildman–Crippen MR) is 91.1 cm³/mol. The van der Waals surface area contributed by atoms with E-state index in [1.807, 2.05) is 0 Å². The molecule has 0 aromatic heterocycles. The molecule has 0 N–H and O–H groups in total. The monoisotopic (exact) mass is 362 g/mol. The van der Waals surface area contributed by atoms with Gasteiger partial charge in [-0.3, -0.25) is 9.00 Å². The molecule has 0 aliphatic carbocycles. The van der Waals surface area contributed by atoms with Crippen LogP contribution in [0, 0.1) is 0 Å². The van der Waals surface area contributed by atoms with Gasteiger partial charge in [0.15, 0.2) is 0 Å². The minimum atomic E-state index is -2.25. The maximum absolute atomic E-state index is 11.7. The van der Waals surface area contributed by atoms with Crippen LogP contribution in [0.2, 0.25) is 0 Å². The van der Waals surface area contributed by atoms with Crippen LogP contribution in [0.25, 0.3) is 0 Å². The fraction of sp³-hybridized carbons (Fsp3) is 0.611. The topological polar surface area (TPSA) is 66.4 Å². The molecule has 0 radical (unpaired) electrons. The van der Waals surface area contributed by atoms with Crippen molar-refractivity contribution < 1.29 is 47.9 Å². The van der Waals surface area contributed by atoms with Crippen molar-refractivity contribution in [1.82, 2.24) is 0 Å². The van der Waals surface area contributed by atoms with Crippen molar-refractivity contribution in [2.75, 3.05) is 0 Å². The van der Waals surface area contributed by atoms with Crippen LogP contribution in [0.1, 0.15) is 71.1 Å². The van der Waals surface area contributed by atoms with E-state index in [0.717, 1.165) is 12.8 Å². The number of ether oxygens (including phenoxy) is 1. The SMILES string of the molecule is CCCCCCCCCCCC(=O)Oc1ccc(S(=O)[O-])cc1.[Na+]. The summed E-state index contributed by atoms with van der Waals surface area (Å²) < 4.78 is 26.6. The van der Waals surface area contributed by atoms with E-state index in [4.69, 9.17) is 4.74 Å². The minimum Gasteiger partial charge on any atom is -0.768 e. The standard InChI is InChI=1S/C18H28O4S.Na/c1-2-3-4-5-6-7-8-9-10-11-18(19)22-16-12-14-17(15-13-16)23(20)21;/h12-15H,2-11H2,1H3,(H,20,21);/q;+1/p-1. The van der Waals surface area contributed by atoms with Gasteiger partial charge in [0.05, 0.1) is 0 Å². The molecule has 0 amide bonds. The molecular formula is C18H27NaO4S. The quantitative estimate of drug-likeness (QED) is 0.187. The summed E-state index contributed by atoms with van der Waals surface area (Å²) in [5.74, 6) is 0.129. The first-order chi connectivity index (χ1) is 11.1. The molecule has 6 heteroatoms. The van der Waals surface area contributed by atoms with Crippen molar-refractivity contribution in [3.05, 3.63) is 24.3 Å². The number of esters is 1. The number of unbranched alkanes of at least 4 members (excludes halogenated alkanes) is 8. The van der Waals surface area contributed by atoms with Gasteiger partial charge in [-0.25, -0.2) is 0 Å². The van der Waals surface area contributed by atoms with Gasteiger partial charge in [-0.05, 0) is 41.8 Å². The first-order valence-corrected chi connectivity index (χ1v) is 9.61. The third kappa shape index (κ3) is 11.4. The van der Waals surface area contributed by atoms with Crippen molar-refractivity contribution in [2.24, 2.45) is 0 Å². The first kappa shape index (κ1) is 23.8. The Bertz CT molecular complexity index is 476. The number of carbonyl (C=O) groups excluding carboxylic acids is 1. The van der Waals surface area contributed by atoms with Gasteiger partial charge in [-0.15, -0.1) is 0 Å². The number of hydrogen-bond acceptors (Lipinski definition) is 4. The Labute approximate surface area is 170 Å². The molecule has 24 heavy (non-hydrogen) atoms. The van der Waals surface area contributed by atoms with Gasteiger partial charge in [-0.2, -0.15) is 0 Å². The molecule has 0 aliphatic heterocycles. The van der Waals surface area contributed by atoms with Crippen LogP contribution in [0.5, 0.6) is 5.75 Å². The molecule has 0 saturated carbocycles. The summed E-state index contributed by atoms with van der Waals surface area (Å²) in [7, 11) is 0. The van der Waals surface area contributed by atoms with Gasteiger partial charge in [0.1, 0.15) is 5.75 Å². The molecule has 1 unspecified atom stereocenters. The molecule has 130 valence electrons. The second kappa shape index (κ2) is 15.1. The maximum atomic E-state index is 11.7. The van der Waals surface area contributed by atoms with E-state index >= 15 is 0 Å². The zero-order valence-corrected chi connectivity index (χ0v) is 17.7. The Balaban J connectivity index is 0.00000529. The van der Waals surface area contributed by atoms with Gasteiger partial charge in [0.2, 0.25) is 0 Å². The number of rotatable bonds is 12. The molecule has 0 saturated heterocycles. The van der Waals surface area contributed by atoms with Gasteiger partial charge >= 0.3 is 35.5 Å². The average Bonchev–Trinajstić information content (AvgIpc) is 2.54. The second-order valence-corrected chi connectivity index (χ2v) is 6.70. The van der Waals surface area contributed by atoms with Crippen LogP contribution in [0.4, 0.5) is 0 Å². The van der Waals surface area contributed by atoms with Crippen molar-refractivity contribution in [1.29, 1.82) is 0 Å². The number of hydrogen-bond donors (Lipinski definition) is 0. The van der Waals surface area contributed by atoms with Crippen molar-refractivity contribution in [3.63, 3.8) is 0 Å². The van der Waals surface area contributed by atoms with Gasteiger partial charge in [-0.1, -0.05) is 58.3 Å². The molecule has 0 aliphatic rings. The first-order valence-electron chi connectivity index (χ1n) is 8.53. The van der Waals surface area contributed by atoms with Gasteiger partial charge < -0.3 is 9.29 Å². The Morgan fingerprint density at radius 3 is 1.96 bits per heavy atom. The largest absolute Gasteiger partial charge is 1.00 e. The maximum Gasteiger partial charge on any atom is 1.00 e. The summed E-state index contributed by atoms with van der Waals surface area (Å²) in [6, 6.07) is 5.84. The van der Waals surface area contributed by atoms with E-state index in [0.29, 0.717) is 12.2 Å². The van der Waals surface area contributed by atoms with Crippen molar-refractivity contribution in [2.45, 2.75) is 76.0 Å². The third-order valence-electron chi connectivity index (χ3n) is 3.73. The molecule has 1 aromatic carbocycles. The van der Waals surface area contributed by atoms with Crippen molar-refractivity contribution >= 4 is 17.0 Å². The normalized spacial score (nSPS) is 11.6. The molecule has 1 atom stereocenters. The van der Waals surface area contributed by atoms with E-state index in [9.17, 15) is 13.6 Å². The van der Waals surface area contributed by atoms with Crippen LogP contribution in [-0.4, -0.2) is 14.7 Å². The summed E-state index contributed by atoms with van der Waals surface area (Å²) in [5.41, 5.74) is 0. The number of carbonyl (C=O) groups is 1. The van der Waals surface area contributed by atoms with Gasteiger partial charge in [0, 0.05) is 11.3 Å². The van der Waals surface area contributed by atoms with Crippen LogP contribution in [-0.2, 0) is 15.9 Å². The second-order valence-electron chi connectivity index (χ2n) is 5.76. The molecule has 0 heterocycles. The van der Waals surface area contributed by atoms with Crippen LogP contribution >= 0.6 is 0 Å². The molecule has 4 nitrogen and oxygen atoms in total. The van der Waals surface area contributed by atoms with Crippen LogP contribution < -0.4 is 34.3 Å². The Kier molecular flexibility index (Phi) is 15.0. The zero-order chi connectivity index (χ0) is 16.9. The molecule has 1 aromatic rings. The van der Waals surface area contributed by atoms with E-state index in [1.165, 1.54) is 69.2 Å². The summed E-state index contributed by atoms with van der Waals surface area (Å²) >= 11 is -2.25. The van der Waals surface area contributed by atoms with E-state index < -0.39 is 11.1 Å². The van der Waals surface area contributed by atoms with E-state index in [-0.39, 0.29) is 40.4 Å². The third-order valence-corrected chi connectivity index (χ3v) is 4.39. The van der Waals surface area contributed by atoms with Crippen molar-refractivity contribution in [3.8, 4) is 5.75 Å². The summed E-state index contributed by atoms with van der Waals surface area (Å²) in [4.78, 5) is 11.9. The molecular weight excluding hydrogens is 335 g/mol. The fourth-order valence-corrected chi connectivity index (χ4v) is 2.74. The minimum absolute atomic E-state index is 0. The molecule has 1 rings (SSSR count). The van der Waals surface area contributed by atoms with Gasteiger partial charge in [0.25, 0.3) is 0 Å². The van der Waals surface area contributed by atoms with Crippen LogP contribution in [0.15, 0.2) is 29.2 Å². The van der Waals surface area contributed by atoms with E-state index in [1.54, 1.807) is 0 Å². The fourth-order valence-electron chi connectivity index (χ4n) is 2.38. The molecule has 0 spiro atoms.